The molecule has 2 aromatic carbocycles. The first-order valence-corrected chi connectivity index (χ1v) is 10.5. The molecule has 0 fully saturated rings. The van der Waals surface area contributed by atoms with Gasteiger partial charge in [0.25, 0.3) is 5.78 Å². The van der Waals surface area contributed by atoms with Gasteiger partial charge in [-0.2, -0.15) is 9.50 Å². The Hall–Kier alpha value is -3.21. The normalized spacial score (nSPS) is 17.6. The molecule has 0 aliphatic carbocycles. The Kier molecular flexibility index (Phi) is 4.17. The molecule has 0 amide bonds. The van der Waals surface area contributed by atoms with Gasteiger partial charge in [-0.3, -0.25) is 0 Å². The van der Waals surface area contributed by atoms with Gasteiger partial charge >= 0.3 is 0 Å². The van der Waals surface area contributed by atoms with Crippen molar-refractivity contribution >= 4 is 11.5 Å². The number of nitrogens with one attached hydrogen (secondary N) is 1. The smallest absolute Gasteiger partial charge is 0.253 e. The van der Waals surface area contributed by atoms with E-state index in [9.17, 15) is 0 Å². The van der Waals surface area contributed by atoms with E-state index in [1.54, 1.807) is 0 Å². The summed E-state index contributed by atoms with van der Waals surface area (Å²) in [7, 11) is 0. The zero-order valence-corrected chi connectivity index (χ0v) is 18.2. The summed E-state index contributed by atoms with van der Waals surface area (Å²) in [6.45, 7) is 11.1. The van der Waals surface area contributed by atoms with Crippen LogP contribution in [0.25, 0.3) is 28.4 Å². The molecule has 0 saturated carbocycles. The summed E-state index contributed by atoms with van der Waals surface area (Å²) in [6.07, 6.45) is 2.93. The number of nitrogens with zero attached hydrogens (tertiary/aromatic N) is 4. The Bertz CT molecular complexity index is 1250. The molecule has 2 aromatic heterocycles. The summed E-state index contributed by atoms with van der Waals surface area (Å²) in [5, 5.41) is 8.52. The molecule has 152 valence electrons. The molecule has 0 spiro atoms. The van der Waals surface area contributed by atoms with Crippen molar-refractivity contribution in [2.75, 3.05) is 5.32 Å². The minimum Gasteiger partial charge on any atom is -0.380 e. The average Bonchev–Trinajstić information content (AvgIpc) is 3.11. The van der Waals surface area contributed by atoms with E-state index in [0.717, 1.165) is 17.7 Å². The van der Waals surface area contributed by atoms with Gasteiger partial charge in [0, 0.05) is 28.6 Å². The molecule has 1 N–H and O–H groups in total. The van der Waals surface area contributed by atoms with Crippen molar-refractivity contribution in [2.24, 2.45) is 0 Å². The van der Waals surface area contributed by atoms with Crippen LogP contribution in [0.5, 0.6) is 0 Å². The Morgan fingerprint density at radius 3 is 2.60 bits per heavy atom. The third kappa shape index (κ3) is 3.15. The second kappa shape index (κ2) is 6.66. The predicted molar refractivity (Wildman–Crippen MR) is 122 cm³/mol. The van der Waals surface area contributed by atoms with Crippen molar-refractivity contribution in [3.63, 3.8) is 0 Å². The lowest BCUT2D eigenvalue weighted by molar-refractivity contribution is 0.454. The zero-order chi connectivity index (χ0) is 21.0. The van der Waals surface area contributed by atoms with Crippen LogP contribution < -0.4 is 5.32 Å². The van der Waals surface area contributed by atoms with Gasteiger partial charge in [0.05, 0.1) is 5.69 Å². The van der Waals surface area contributed by atoms with Gasteiger partial charge in [-0.1, -0.05) is 36.8 Å². The molecule has 1 aliphatic rings. The predicted octanol–water partition coefficient (Wildman–Crippen LogP) is 5.77. The SMILES string of the molecule is Cc1ccc(-c2nc3nccc(-c4cc5c(cc4C)NC(C)(C)C[C@@H]5C)n3n2)cc1. The molecule has 1 atom stereocenters. The van der Waals surface area contributed by atoms with Crippen molar-refractivity contribution in [3.8, 4) is 22.6 Å². The summed E-state index contributed by atoms with van der Waals surface area (Å²) in [5.41, 5.74) is 8.34. The van der Waals surface area contributed by atoms with Gasteiger partial charge in [0.2, 0.25) is 0 Å². The maximum Gasteiger partial charge on any atom is 0.253 e. The van der Waals surface area contributed by atoms with Crippen LogP contribution >= 0.6 is 0 Å². The number of fused-ring (bicyclic) bond motifs is 2. The number of benzene rings is 2. The largest absolute Gasteiger partial charge is 0.380 e. The minimum atomic E-state index is 0.110. The maximum absolute atomic E-state index is 4.81. The molecule has 5 heteroatoms. The van der Waals surface area contributed by atoms with Crippen LogP contribution in [0.1, 0.15) is 49.8 Å². The van der Waals surface area contributed by atoms with E-state index in [1.807, 2.05) is 16.8 Å². The van der Waals surface area contributed by atoms with E-state index in [2.05, 4.69) is 86.3 Å². The second-order valence-electron chi connectivity index (χ2n) is 9.21. The van der Waals surface area contributed by atoms with Crippen molar-refractivity contribution in [1.82, 2.24) is 19.6 Å². The molecule has 3 heterocycles. The minimum absolute atomic E-state index is 0.110. The monoisotopic (exact) mass is 397 g/mol. The van der Waals surface area contributed by atoms with Crippen LogP contribution in [-0.4, -0.2) is 25.1 Å². The number of aryl methyl sites for hydroxylation is 2. The van der Waals surface area contributed by atoms with Crippen LogP contribution in [0.4, 0.5) is 5.69 Å². The van der Waals surface area contributed by atoms with Crippen molar-refractivity contribution < 1.29 is 0 Å². The lowest BCUT2D eigenvalue weighted by Crippen LogP contribution is -2.36. The topological polar surface area (TPSA) is 55.1 Å². The second-order valence-corrected chi connectivity index (χ2v) is 9.21. The highest BCUT2D eigenvalue weighted by Gasteiger charge is 2.30. The van der Waals surface area contributed by atoms with E-state index >= 15 is 0 Å². The fourth-order valence-corrected chi connectivity index (χ4v) is 4.63. The first-order valence-electron chi connectivity index (χ1n) is 10.5. The zero-order valence-electron chi connectivity index (χ0n) is 18.2. The molecule has 4 aromatic rings. The molecule has 0 saturated heterocycles. The Morgan fingerprint density at radius 1 is 1.07 bits per heavy atom. The Morgan fingerprint density at radius 2 is 1.83 bits per heavy atom. The van der Waals surface area contributed by atoms with Crippen molar-refractivity contribution in [2.45, 2.75) is 52.5 Å². The third-order valence-corrected chi connectivity index (χ3v) is 6.04. The van der Waals surface area contributed by atoms with Crippen LogP contribution in [0, 0.1) is 13.8 Å². The highest BCUT2D eigenvalue weighted by molar-refractivity contribution is 5.73. The fraction of sp³-hybridized carbons (Fsp3) is 0.320. The summed E-state index contributed by atoms with van der Waals surface area (Å²) in [4.78, 5) is 9.14. The van der Waals surface area contributed by atoms with Crippen molar-refractivity contribution in [3.05, 3.63) is 65.4 Å². The lowest BCUT2D eigenvalue weighted by Gasteiger charge is -2.38. The molecular formula is C25H27N5. The van der Waals surface area contributed by atoms with Gasteiger partial charge in [-0.25, -0.2) is 4.98 Å². The number of hydrogen-bond acceptors (Lipinski definition) is 4. The summed E-state index contributed by atoms with van der Waals surface area (Å²) in [6, 6.07) is 14.9. The third-order valence-electron chi connectivity index (χ3n) is 6.04. The summed E-state index contributed by atoms with van der Waals surface area (Å²) < 4.78 is 1.87. The summed E-state index contributed by atoms with van der Waals surface area (Å²) >= 11 is 0. The van der Waals surface area contributed by atoms with Crippen LogP contribution in [0.2, 0.25) is 0 Å². The van der Waals surface area contributed by atoms with E-state index < -0.39 is 0 Å². The molecule has 5 nitrogen and oxygen atoms in total. The van der Waals surface area contributed by atoms with Gasteiger partial charge in [-0.05, 0) is 69.4 Å². The van der Waals surface area contributed by atoms with Crippen LogP contribution in [0.15, 0.2) is 48.7 Å². The highest BCUT2D eigenvalue weighted by atomic mass is 15.3. The molecule has 1 aliphatic heterocycles. The lowest BCUT2D eigenvalue weighted by atomic mass is 9.80. The molecule has 30 heavy (non-hydrogen) atoms. The molecule has 5 rings (SSSR count). The van der Waals surface area contributed by atoms with Gasteiger partial charge in [0.15, 0.2) is 5.82 Å². The quantitative estimate of drug-likeness (QED) is 0.466. The molecule has 0 unspecified atom stereocenters. The Balaban J connectivity index is 1.65. The standard InChI is InChI=1S/C25H27N5/c1-15-6-8-18(9-7-15)23-27-24-26-11-10-22(30(24)29-23)20-13-19-17(3)14-25(4,5)28-21(19)12-16(20)2/h6-13,17,28H,14H2,1-5H3/t17-/m0/s1. The van der Waals surface area contributed by atoms with Gasteiger partial charge < -0.3 is 5.32 Å². The number of aromatic nitrogens is 4. The summed E-state index contributed by atoms with van der Waals surface area (Å²) in [5.74, 6) is 1.81. The van der Waals surface area contributed by atoms with Gasteiger partial charge in [0.1, 0.15) is 0 Å². The van der Waals surface area contributed by atoms with Crippen LogP contribution in [-0.2, 0) is 0 Å². The van der Waals surface area contributed by atoms with E-state index in [1.165, 1.54) is 27.9 Å². The van der Waals surface area contributed by atoms with E-state index in [4.69, 9.17) is 5.10 Å². The average molecular weight is 398 g/mol. The molecular weight excluding hydrogens is 370 g/mol. The maximum atomic E-state index is 4.81. The number of anilines is 1. The highest BCUT2D eigenvalue weighted by Crippen LogP contribution is 2.41. The molecule has 0 bridgehead atoms. The van der Waals surface area contributed by atoms with Gasteiger partial charge in [-0.15, -0.1) is 5.10 Å². The number of hydrogen-bond donors (Lipinski definition) is 1. The molecule has 0 radical (unpaired) electrons. The number of rotatable bonds is 2. The van der Waals surface area contributed by atoms with E-state index in [0.29, 0.717) is 17.5 Å². The fourth-order valence-electron chi connectivity index (χ4n) is 4.63. The van der Waals surface area contributed by atoms with Crippen LogP contribution in [0.3, 0.4) is 0 Å². The first kappa shape index (κ1) is 18.8. The van der Waals surface area contributed by atoms with Crippen molar-refractivity contribution in [1.29, 1.82) is 0 Å². The van der Waals surface area contributed by atoms with E-state index in [-0.39, 0.29) is 5.54 Å². The first-order chi connectivity index (χ1) is 14.3. The Labute approximate surface area is 177 Å².